The Morgan fingerprint density at radius 3 is 2.65 bits per heavy atom. The summed E-state index contributed by atoms with van der Waals surface area (Å²) in [4.78, 5) is 11.3. The van der Waals surface area contributed by atoms with Crippen molar-refractivity contribution in [1.29, 1.82) is 0 Å². The lowest BCUT2D eigenvalue weighted by Crippen LogP contribution is -2.18. The van der Waals surface area contributed by atoms with Gasteiger partial charge in [0.05, 0.1) is 5.69 Å². The van der Waals surface area contributed by atoms with E-state index in [-0.39, 0.29) is 5.69 Å². The van der Waals surface area contributed by atoms with Gasteiger partial charge in [0.15, 0.2) is 4.77 Å². The Labute approximate surface area is 103 Å². The summed E-state index contributed by atoms with van der Waals surface area (Å²) >= 11 is 4.99. The van der Waals surface area contributed by atoms with E-state index in [0.29, 0.717) is 11.3 Å². The third kappa shape index (κ3) is 2.55. The van der Waals surface area contributed by atoms with Crippen LogP contribution in [0.25, 0.3) is 0 Å². The normalized spacial score (nSPS) is 10.9. The van der Waals surface area contributed by atoms with E-state index in [0.717, 1.165) is 24.4 Å². The number of nitrogens with zero attached hydrogens (tertiary/aromatic N) is 3. The fourth-order valence-corrected chi connectivity index (χ4v) is 2.04. The maximum absolute atomic E-state index is 11.3. The van der Waals surface area contributed by atoms with Crippen LogP contribution in [0, 0.1) is 18.6 Å². The molecule has 0 radical (unpaired) electrons. The Morgan fingerprint density at radius 2 is 2.12 bits per heavy atom. The van der Waals surface area contributed by atoms with Crippen LogP contribution in [0.15, 0.2) is 10.9 Å². The molecule has 17 heavy (non-hydrogen) atoms. The summed E-state index contributed by atoms with van der Waals surface area (Å²) in [7, 11) is 0. The van der Waals surface area contributed by atoms with Crippen molar-refractivity contribution in [3.8, 4) is 0 Å². The first kappa shape index (κ1) is 11.8. The molecule has 0 spiro atoms. The Kier molecular flexibility index (Phi) is 3.28. The Hall–Kier alpha value is -1.63. The molecule has 0 amide bonds. The zero-order valence-corrected chi connectivity index (χ0v) is 10.7. The molecule has 6 nitrogen and oxygen atoms in total. The second-order valence-corrected chi connectivity index (χ2v) is 4.40. The standard InChI is InChI=1S/C10H15N5OS/c1-7-6-8(2)15(13-7)5-3-4-14-9(16)11-12-10(14)17/h6H,3-5H2,1-2H3,(H,11,16)(H,12,17). The molecule has 0 aromatic carbocycles. The van der Waals surface area contributed by atoms with Gasteiger partial charge in [-0.15, -0.1) is 0 Å². The van der Waals surface area contributed by atoms with E-state index >= 15 is 0 Å². The molecule has 2 heterocycles. The fourth-order valence-electron chi connectivity index (χ4n) is 1.82. The van der Waals surface area contributed by atoms with E-state index in [1.165, 1.54) is 4.57 Å². The second-order valence-electron chi connectivity index (χ2n) is 4.02. The molecule has 2 aromatic heterocycles. The van der Waals surface area contributed by atoms with E-state index in [4.69, 9.17) is 12.2 Å². The van der Waals surface area contributed by atoms with Crippen LogP contribution in [-0.4, -0.2) is 24.5 Å². The van der Waals surface area contributed by atoms with Gasteiger partial charge in [-0.3, -0.25) is 14.3 Å². The van der Waals surface area contributed by atoms with Gasteiger partial charge in [0, 0.05) is 18.8 Å². The lowest BCUT2D eigenvalue weighted by atomic mass is 10.4. The summed E-state index contributed by atoms with van der Waals surface area (Å²) in [5.41, 5.74) is 1.95. The van der Waals surface area contributed by atoms with E-state index in [9.17, 15) is 4.79 Å². The van der Waals surface area contributed by atoms with Crippen molar-refractivity contribution in [2.75, 3.05) is 0 Å². The summed E-state index contributed by atoms with van der Waals surface area (Å²) in [5, 5.41) is 9.44. The molecule has 92 valence electrons. The van der Waals surface area contributed by atoms with Gasteiger partial charge >= 0.3 is 5.69 Å². The number of nitrogens with one attached hydrogen (secondary N) is 2. The van der Waals surface area contributed by atoms with E-state index in [1.807, 2.05) is 24.6 Å². The first-order valence-corrected chi connectivity index (χ1v) is 5.87. The van der Waals surface area contributed by atoms with Crippen LogP contribution in [0.3, 0.4) is 0 Å². The van der Waals surface area contributed by atoms with Crippen LogP contribution < -0.4 is 5.69 Å². The third-order valence-electron chi connectivity index (χ3n) is 2.62. The van der Waals surface area contributed by atoms with Crippen LogP contribution in [0.5, 0.6) is 0 Å². The molecular formula is C10H15N5OS. The minimum atomic E-state index is -0.191. The van der Waals surface area contributed by atoms with Gasteiger partial charge < -0.3 is 0 Å². The number of aryl methyl sites for hydroxylation is 3. The molecule has 0 aliphatic carbocycles. The first-order valence-electron chi connectivity index (χ1n) is 5.46. The molecular weight excluding hydrogens is 238 g/mol. The molecule has 0 fully saturated rings. The van der Waals surface area contributed by atoms with Crippen molar-refractivity contribution in [1.82, 2.24) is 24.5 Å². The molecule has 2 N–H and O–H groups in total. The van der Waals surface area contributed by atoms with Crippen LogP contribution >= 0.6 is 12.2 Å². The van der Waals surface area contributed by atoms with Gasteiger partial charge in [0.2, 0.25) is 0 Å². The molecule has 7 heteroatoms. The molecule has 2 rings (SSSR count). The minimum Gasteiger partial charge on any atom is -0.272 e. The van der Waals surface area contributed by atoms with Crippen molar-refractivity contribution >= 4 is 12.2 Å². The van der Waals surface area contributed by atoms with Crippen molar-refractivity contribution < 1.29 is 0 Å². The number of aromatic nitrogens is 5. The van der Waals surface area contributed by atoms with Gasteiger partial charge in [-0.2, -0.15) is 5.10 Å². The van der Waals surface area contributed by atoms with Crippen LogP contribution in [-0.2, 0) is 13.1 Å². The van der Waals surface area contributed by atoms with Crippen LogP contribution in [0.2, 0.25) is 0 Å². The number of rotatable bonds is 4. The lowest BCUT2D eigenvalue weighted by Gasteiger charge is -2.04. The Balaban J connectivity index is 1.99. The summed E-state index contributed by atoms with van der Waals surface area (Å²) in [6.45, 7) is 5.37. The van der Waals surface area contributed by atoms with Crippen molar-refractivity contribution in [2.24, 2.45) is 0 Å². The molecule has 0 unspecified atom stereocenters. The number of hydrogen-bond donors (Lipinski definition) is 2. The molecule has 0 saturated carbocycles. The van der Waals surface area contributed by atoms with E-state index < -0.39 is 0 Å². The molecule has 0 aliphatic heterocycles. The number of aromatic amines is 2. The van der Waals surface area contributed by atoms with Crippen molar-refractivity contribution in [3.63, 3.8) is 0 Å². The van der Waals surface area contributed by atoms with Gasteiger partial charge in [0.25, 0.3) is 0 Å². The van der Waals surface area contributed by atoms with Gasteiger partial charge in [0.1, 0.15) is 0 Å². The number of H-pyrrole nitrogens is 2. The fraction of sp³-hybridized carbons (Fsp3) is 0.500. The van der Waals surface area contributed by atoms with E-state index in [2.05, 4.69) is 15.3 Å². The Bertz CT molecular complexity index is 590. The van der Waals surface area contributed by atoms with E-state index in [1.54, 1.807) is 0 Å². The SMILES string of the molecule is Cc1cc(C)n(CCCn2c(=O)[nH][nH]c2=S)n1. The van der Waals surface area contributed by atoms with Crippen molar-refractivity contribution in [3.05, 3.63) is 32.7 Å². The first-order chi connectivity index (χ1) is 8.08. The zero-order valence-electron chi connectivity index (χ0n) is 9.86. The molecule has 0 atom stereocenters. The monoisotopic (exact) mass is 253 g/mol. The average molecular weight is 253 g/mol. The predicted octanol–water partition coefficient (Wildman–Crippen LogP) is 1.14. The average Bonchev–Trinajstić information content (AvgIpc) is 2.74. The molecule has 0 bridgehead atoms. The molecule has 0 aliphatic rings. The molecule has 2 aromatic rings. The highest BCUT2D eigenvalue weighted by Gasteiger charge is 2.02. The van der Waals surface area contributed by atoms with Crippen LogP contribution in [0.4, 0.5) is 0 Å². The lowest BCUT2D eigenvalue weighted by molar-refractivity contribution is 0.508. The highest BCUT2D eigenvalue weighted by molar-refractivity contribution is 7.71. The number of hydrogen-bond acceptors (Lipinski definition) is 3. The second kappa shape index (κ2) is 4.70. The smallest absolute Gasteiger partial charge is 0.272 e. The highest BCUT2D eigenvalue weighted by atomic mass is 32.1. The minimum absolute atomic E-state index is 0.191. The maximum atomic E-state index is 11.3. The molecule has 0 saturated heterocycles. The summed E-state index contributed by atoms with van der Waals surface area (Å²) in [5.74, 6) is 0. The largest absolute Gasteiger partial charge is 0.342 e. The predicted molar refractivity (Wildman–Crippen MR) is 66.6 cm³/mol. The van der Waals surface area contributed by atoms with Gasteiger partial charge in [-0.25, -0.2) is 9.89 Å². The summed E-state index contributed by atoms with van der Waals surface area (Å²) < 4.78 is 3.89. The van der Waals surface area contributed by atoms with Gasteiger partial charge in [-0.1, -0.05) is 0 Å². The highest BCUT2D eigenvalue weighted by Crippen LogP contribution is 2.03. The summed E-state index contributed by atoms with van der Waals surface area (Å²) in [6.07, 6.45) is 0.817. The maximum Gasteiger partial charge on any atom is 0.342 e. The van der Waals surface area contributed by atoms with Crippen molar-refractivity contribution in [2.45, 2.75) is 33.4 Å². The quantitative estimate of drug-likeness (QED) is 0.803. The zero-order chi connectivity index (χ0) is 12.4. The Morgan fingerprint density at radius 1 is 1.35 bits per heavy atom. The summed E-state index contributed by atoms with van der Waals surface area (Å²) in [6, 6.07) is 2.04. The topological polar surface area (TPSA) is 71.4 Å². The van der Waals surface area contributed by atoms with Gasteiger partial charge in [-0.05, 0) is 38.6 Å². The third-order valence-corrected chi connectivity index (χ3v) is 2.94. The van der Waals surface area contributed by atoms with Crippen LogP contribution in [0.1, 0.15) is 17.8 Å².